The number of methoxy groups -OCH3 is 1. The number of pyridine rings is 1. The van der Waals surface area contributed by atoms with Gasteiger partial charge in [-0.1, -0.05) is 18.2 Å². The lowest BCUT2D eigenvalue weighted by molar-refractivity contribution is 0.245. The highest BCUT2D eigenvalue weighted by Gasteiger charge is 2.16. The van der Waals surface area contributed by atoms with Crippen molar-refractivity contribution >= 4 is 11.0 Å². The van der Waals surface area contributed by atoms with Gasteiger partial charge in [0.05, 0.1) is 24.4 Å². The van der Waals surface area contributed by atoms with Gasteiger partial charge in [0, 0.05) is 51.0 Å². The van der Waals surface area contributed by atoms with E-state index in [2.05, 4.69) is 19.4 Å². The second-order valence-electron chi connectivity index (χ2n) is 9.13. The summed E-state index contributed by atoms with van der Waals surface area (Å²) in [4.78, 5) is 24.2. The van der Waals surface area contributed by atoms with Crippen LogP contribution in [0.5, 0.6) is 5.75 Å². The first-order valence-electron chi connectivity index (χ1n) is 12.4. The van der Waals surface area contributed by atoms with Crippen LogP contribution >= 0.6 is 0 Å². The number of benzene rings is 2. The van der Waals surface area contributed by atoms with Gasteiger partial charge in [0.15, 0.2) is 5.43 Å². The predicted octanol–water partition coefficient (Wildman–Crippen LogP) is 5.46. The first-order valence-corrected chi connectivity index (χ1v) is 12.4. The highest BCUT2D eigenvalue weighted by molar-refractivity contribution is 5.83. The average molecular weight is 495 g/mol. The van der Waals surface area contributed by atoms with Crippen molar-refractivity contribution in [1.29, 1.82) is 0 Å². The lowest BCUT2D eigenvalue weighted by Crippen LogP contribution is -2.28. The molecule has 0 N–H and O–H groups in total. The molecule has 5 rings (SSSR count). The molecule has 37 heavy (non-hydrogen) atoms. The van der Waals surface area contributed by atoms with Crippen molar-refractivity contribution in [3.8, 4) is 16.9 Å². The first kappa shape index (κ1) is 24.5. The van der Waals surface area contributed by atoms with E-state index < -0.39 is 0 Å². The van der Waals surface area contributed by atoms with Crippen LogP contribution in [0.15, 0.2) is 94.9 Å². The van der Waals surface area contributed by atoms with Crippen molar-refractivity contribution < 1.29 is 9.15 Å². The molecule has 0 amide bonds. The van der Waals surface area contributed by atoms with Gasteiger partial charge in [-0.2, -0.15) is 0 Å². The van der Waals surface area contributed by atoms with E-state index in [1.165, 1.54) is 0 Å². The molecule has 7 heteroatoms. The number of rotatable bonds is 10. The van der Waals surface area contributed by atoms with E-state index in [1.54, 1.807) is 25.7 Å². The number of aromatic nitrogens is 3. The quantitative estimate of drug-likeness (QED) is 0.257. The van der Waals surface area contributed by atoms with Gasteiger partial charge >= 0.3 is 0 Å². The van der Waals surface area contributed by atoms with Crippen molar-refractivity contribution in [2.24, 2.45) is 0 Å². The number of ether oxygens (including phenoxy) is 1. The summed E-state index contributed by atoms with van der Waals surface area (Å²) in [5.74, 6) is 1.46. The Morgan fingerprint density at radius 2 is 1.73 bits per heavy atom. The van der Waals surface area contributed by atoms with Crippen LogP contribution in [0.2, 0.25) is 0 Å². The Hall–Kier alpha value is -4.23. The normalized spacial score (nSPS) is 11.3. The maximum absolute atomic E-state index is 13.6. The van der Waals surface area contributed by atoms with E-state index in [4.69, 9.17) is 9.15 Å². The van der Waals surface area contributed by atoms with Crippen LogP contribution in [0.3, 0.4) is 0 Å². The molecule has 0 aliphatic heterocycles. The SMILES string of the molecule is COc1ccc(-c2ccc3c(=O)c(CN(CCCn4ccnc4)Cc4ccncc4)c(C)oc3c2)cc1. The highest BCUT2D eigenvalue weighted by atomic mass is 16.5. The lowest BCUT2D eigenvalue weighted by atomic mass is 10.0. The van der Waals surface area contributed by atoms with Crippen LogP contribution in [-0.4, -0.2) is 33.1 Å². The zero-order valence-corrected chi connectivity index (χ0v) is 21.1. The monoisotopic (exact) mass is 494 g/mol. The van der Waals surface area contributed by atoms with Crippen LogP contribution < -0.4 is 10.2 Å². The third-order valence-corrected chi connectivity index (χ3v) is 6.60. The van der Waals surface area contributed by atoms with Gasteiger partial charge in [0.25, 0.3) is 0 Å². The summed E-state index contributed by atoms with van der Waals surface area (Å²) >= 11 is 0. The second kappa shape index (κ2) is 11.2. The summed E-state index contributed by atoms with van der Waals surface area (Å²) in [7, 11) is 1.65. The minimum absolute atomic E-state index is 0.0226. The summed E-state index contributed by atoms with van der Waals surface area (Å²) in [6, 6.07) is 17.7. The van der Waals surface area contributed by atoms with Crippen LogP contribution in [0, 0.1) is 6.92 Å². The third kappa shape index (κ3) is 5.78. The molecule has 7 nitrogen and oxygen atoms in total. The van der Waals surface area contributed by atoms with Crippen molar-refractivity contribution in [3.63, 3.8) is 0 Å². The van der Waals surface area contributed by atoms with E-state index in [0.717, 1.165) is 48.5 Å². The molecule has 0 aliphatic carbocycles. The Balaban J connectivity index is 1.41. The molecule has 0 spiro atoms. The molecule has 0 saturated carbocycles. The standard InChI is InChI=1S/C30H30N4O3/c1-22-28(20-34(19-23-10-12-31-13-11-23)16-3-15-33-17-14-32-21-33)30(35)27-9-6-25(18-29(27)37-22)24-4-7-26(36-2)8-5-24/h4-14,17-18,21H,3,15-16,19-20H2,1-2H3. The molecule has 188 valence electrons. The van der Waals surface area contributed by atoms with Crippen LogP contribution in [-0.2, 0) is 19.6 Å². The van der Waals surface area contributed by atoms with Gasteiger partial charge in [-0.3, -0.25) is 14.7 Å². The topological polar surface area (TPSA) is 73.4 Å². The number of hydrogen-bond acceptors (Lipinski definition) is 6. The van der Waals surface area contributed by atoms with Gasteiger partial charge < -0.3 is 13.7 Å². The van der Waals surface area contributed by atoms with Gasteiger partial charge in [-0.25, -0.2) is 4.98 Å². The van der Waals surface area contributed by atoms with Crippen LogP contribution in [0.1, 0.15) is 23.3 Å². The molecule has 3 aromatic heterocycles. The molecular formula is C30H30N4O3. The summed E-state index contributed by atoms with van der Waals surface area (Å²) in [5.41, 5.74) is 4.50. The maximum atomic E-state index is 13.6. The van der Waals surface area contributed by atoms with Crippen molar-refractivity contribution in [1.82, 2.24) is 19.4 Å². The Labute approximate surface area is 216 Å². The predicted molar refractivity (Wildman–Crippen MR) is 144 cm³/mol. The minimum Gasteiger partial charge on any atom is -0.497 e. The number of aryl methyl sites for hydroxylation is 2. The number of imidazole rings is 1. The summed E-state index contributed by atoms with van der Waals surface area (Å²) in [5, 5.41) is 0.597. The van der Waals surface area contributed by atoms with Gasteiger partial charge in [-0.15, -0.1) is 0 Å². The smallest absolute Gasteiger partial charge is 0.197 e. The second-order valence-corrected chi connectivity index (χ2v) is 9.13. The summed E-state index contributed by atoms with van der Waals surface area (Å²) in [6.45, 7) is 4.81. The fraction of sp³-hybridized carbons (Fsp3) is 0.233. The lowest BCUT2D eigenvalue weighted by Gasteiger charge is -2.23. The van der Waals surface area contributed by atoms with Crippen molar-refractivity contribution in [2.75, 3.05) is 13.7 Å². The molecule has 2 aromatic carbocycles. The summed E-state index contributed by atoms with van der Waals surface area (Å²) in [6.07, 6.45) is 10.1. The largest absolute Gasteiger partial charge is 0.497 e. The zero-order valence-electron chi connectivity index (χ0n) is 21.1. The van der Waals surface area contributed by atoms with E-state index in [-0.39, 0.29) is 5.43 Å². The Morgan fingerprint density at radius 1 is 0.946 bits per heavy atom. The molecule has 0 saturated heterocycles. The Kier molecular flexibility index (Phi) is 7.42. The minimum atomic E-state index is 0.0226. The number of nitrogens with zero attached hydrogens (tertiary/aromatic N) is 4. The fourth-order valence-electron chi connectivity index (χ4n) is 4.57. The number of fused-ring (bicyclic) bond motifs is 1. The van der Waals surface area contributed by atoms with Gasteiger partial charge in [0.2, 0.25) is 0 Å². The highest BCUT2D eigenvalue weighted by Crippen LogP contribution is 2.26. The maximum Gasteiger partial charge on any atom is 0.197 e. The third-order valence-electron chi connectivity index (χ3n) is 6.60. The molecule has 0 fully saturated rings. The number of hydrogen-bond donors (Lipinski definition) is 0. The van der Waals surface area contributed by atoms with Crippen molar-refractivity contribution in [3.05, 3.63) is 113 Å². The molecule has 0 radical (unpaired) electrons. The van der Waals surface area contributed by atoms with Crippen LogP contribution in [0.4, 0.5) is 0 Å². The molecular weight excluding hydrogens is 464 g/mol. The molecule has 0 bridgehead atoms. The molecule has 0 aliphatic rings. The van der Waals surface area contributed by atoms with Gasteiger partial charge in [0.1, 0.15) is 17.1 Å². The fourth-order valence-corrected chi connectivity index (χ4v) is 4.57. The Morgan fingerprint density at radius 3 is 2.46 bits per heavy atom. The molecule has 5 aromatic rings. The van der Waals surface area contributed by atoms with Gasteiger partial charge in [-0.05, 0) is 66.4 Å². The summed E-state index contributed by atoms with van der Waals surface area (Å²) < 4.78 is 13.6. The van der Waals surface area contributed by atoms with Crippen molar-refractivity contribution in [2.45, 2.75) is 33.0 Å². The average Bonchev–Trinajstić information content (AvgIpc) is 3.45. The van der Waals surface area contributed by atoms with E-state index in [9.17, 15) is 4.79 Å². The van der Waals surface area contributed by atoms with E-state index in [0.29, 0.717) is 28.8 Å². The zero-order chi connectivity index (χ0) is 25.6. The Bertz CT molecular complexity index is 1510. The van der Waals surface area contributed by atoms with Crippen LogP contribution in [0.25, 0.3) is 22.1 Å². The molecule has 3 heterocycles. The van der Waals surface area contributed by atoms with E-state index in [1.807, 2.05) is 74.0 Å². The molecule has 0 unspecified atom stereocenters. The van der Waals surface area contributed by atoms with E-state index >= 15 is 0 Å². The first-order chi connectivity index (χ1) is 18.1. The molecule has 0 atom stereocenters.